The maximum absolute atomic E-state index is 5.55. The van der Waals surface area contributed by atoms with Gasteiger partial charge in [0.25, 0.3) is 0 Å². The smallest absolute Gasteiger partial charge is 0.166 e. The standard InChI is InChI=1S/C11H9NOS/c1-7-5-10(14)12-6-13-9-4-2-3-8(7)11(9)12/h2-5H,6H2,1H3. The monoisotopic (exact) mass is 203 g/mol. The van der Waals surface area contributed by atoms with Gasteiger partial charge in [-0.2, -0.15) is 0 Å². The Morgan fingerprint density at radius 2 is 2.29 bits per heavy atom. The van der Waals surface area contributed by atoms with Crippen molar-refractivity contribution in [3.63, 3.8) is 0 Å². The van der Waals surface area contributed by atoms with Crippen LogP contribution in [0.15, 0.2) is 24.3 Å². The molecule has 2 aromatic rings. The molecule has 0 spiro atoms. The third-order valence-corrected chi connectivity index (χ3v) is 2.99. The summed E-state index contributed by atoms with van der Waals surface area (Å²) in [7, 11) is 0. The van der Waals surface area contributed by atoms with Crippen LogP contribution >= 0.6 is 12.2 Å². The summed E-state index contributed by atoms with van der Waals surface area (Å²) >= 11 is 5.28. The quantitative estimate of drug-likeness (QED) is 0.611. The Labute approximate surface area is 86.7 Å². The van der Waals surface area contributed by atoms with Crippen LogP contribution in [0.2, 0.25) is 0 Å². The van der Waals surface area contributed by atoms with Crippen molar-refractivity contribution >= 4 is 23.1 Å². The minimum atomic E-state index is 0.551. The van der Waals surface area contributed by atoms with E-state index in [2.05, 4.69) is 13.0 Å². The first-order chi connectivity index (χ1) is 6.77. The van der Waals surface area contributed by atoms with E-state index in [1.54, 1.807) is 0 Å². The number of rotatable bonds is 0. The number of aryl methyl sites for hydroxylation is 1. The lowest BCUT2D eigenvalue weighted by Gasteiger charge is -2.04. The third kappa shape index (κ3) is 0.876. The van der Waals surface area contributed by atoms with Crippen LogP contribution in [0, 0.1) is 11.6 Å². The molecule has 0 unspecified atom stereocenters. The molecule has 0 fully saturated rings. The highest BCUT2D eigenvalue weighted by atomic mass is 32.1. The maximum Gasteiger partial charge on any atom is 0.166 e. The molecule has 1 aromatic heterocycles. The van der Waals surface area contributed by atoms with Crippen LogP contribution in [0.5, 0.6) is 5.75 Å². The SMILES string of the molecule is Cc1cc(=S)n2c3c(cccc13)OC2. The topological polar surface area (TPSA) is 14.2 Å². The molecule has 0 saturated heterocycles. The van der Waals surface area contributed by atoms with Crippen molar-refractivity contribution in [3.05, 3.63) is 34.5 Å². The van der Waals surface area contributed by atoms with Gasteiger partial charge in [0, 0.05) is 5.39 Å². The summed E-state index contributed by atoms with van der Waals surface area (Å²) < 4.78 is 8.43. The number of hydrogen-bond donors (Lipinski definition) is 0. The minimum Gasteiger partial charge on any atom is -0.471 e. The van der Waals surface area contributed by atoms with Gasteiger partial charge in [0.15, 0.2) is 6.73 Å². The summed E-state index contributed by atoms with van der Waals surface area (Å²) in [6, 6.07) is 8.13. The Balaban J connectivity index is 2.65. The summed E-state index contributed by atoms with van der Waals surface area (Å²) in [5.74, 6) is 0.942. The molecule has 1 aliphatic rings. The zero-order valence-electron chi connectivity index (χ0n) is 7.78. The number of aromatic nitrogens is 1. The zero-order chi connectivity index (χ0) is 9.71. The Bertz CT molecular complexity index is 586. The van der Waals surface area contributed by atoms with Gasteiger partial charge in [0.2, 0.25) is 0 Å². The third-order valence-electron chi connectivity index (χ3n) is 2.65. The maximum atomic E-state index is 5.55. The number of nitrogens with zero attached hydrogens (tertiary/aromatic N) is 1. The van der Waals surface area contributed by atoms with Crippen LogP contribution in [0.25, 0.3) is 10.9 Å². The van der Waals surface area contributed by atoms with Crippen LogP contribution in [0.4, 0.5) is 0 Å². The molecular formula is C11H9NOS. The molecule has 2 nitrogen and oxygen atoms in total. The molecule has 0 N–H and O–H groups in total. The van der Waals surface area contributed by atoms with Crippen LogP contribution in [-0.4, -0.2) is 4.57 Å². The predicted molar refractivity (Wildman–Crippen MR) is 58.1 cm³/mol. The summed E-state index contributed by atoms with van der Waals surface area (Å²) in [4.78, 5) is 0. The van der Waals surface area contributed by atoms with Gasteiger partial charge >= 0.3 is 0 Å². The van der Waals surface area contributed by atoms with Gasteiger partial charge in [0.05, 0.1) is 5.52 Å². The van der Waals surface area contributed by atoms with Crippen molar-refractivity contribution in [3.8, 4) is 5.75 Å². The van der Waals surface area contributed by atoms with E-state index in [9.17, 15) is 0 Å². The molecule has 14 heavy (non-hydrogen) atoms. The molecule has 0 atom stereocenters. The average Bonchev–Trinajstić information content (AvgIpc) is 2.59. The summed E-state index contributed by atoms with van der Waals surface area (Å²) in [5, 5.41) is 1.23. The fourth-order valence-corrected chi connectivity index (χ4v) is 2.27. The fourth-order valence-electron chi connectivity index (χ4n) is 1.95. The van der Waals surface area contributed by atoms with E-state index in [1.165, 1.54) is 10.9 Å². The predicted octanol–water partition coefficient (Wildman–Crippen LogP) is 3.03. The Morgan fingerprint density at radius 1 is 1.43 bits per heavy atom. The second-order valence-corrected chi connectivity index (χ2v) is 3.94. The lowest BCUT2D eigenvalue weighted by Crippen LogP contribution is -1.98. The minimum absolute atomic E-state index is 0.551. The summed E-state index contributed by atoms with van der Waals surface area (Å²) in [6.45, 7) is 2.63. The van der Waals surface area contributed by atoms with E-state index < -0.39 is 0 Å². The van der Waals surface area contributed by atoms with Crippen LogP contribution in [0.1, 0.15) is 5.56 Å². The fraction of sp³-hybridized carbons (Fsp3) is 0.182. The largest absolute Gasteiger partial charge is 0.471 e. The number of hydrogen-bond acceptors (Lipinski definition) is 2. The van der Waals surface area contributed by atoms with Gasteiger partial charge in [-0.1, -0.05) is 24.4 Å². The van der Waals surface area contributed by atoms with Crippen molar-refractivity contribution < 1.29 is 4.74 Å². The second-order valence-electron chi connectivity index (χ2n) is 3.52. The second kappa shape index (κ2) is 2.58. The first-order valence-corrected chi connectivity index (χ1v) is 4.94. The van der Waals surface area contributed by atoms with Gasteiger partial charge in [-0.3, -0.25) is 4.57 Å². The highest BCUT2D eigenvalue weighted by Gasteiger charge is 2.15. The van der Waals surface area contributed by atoms with E-state index in [-0.39, 0.29) is 0 Å². The highest BCUT2D eigenvalue weighted by molar-refractivity contribution is 7.71. The summed E-state index contributed by atoms with van der Waals surface area (Å²) in [6.07, 6.45) is 0. The number of benzene rings is 1. The zero-order valence-corrected chi connectivity index (χ0v) is 8.60. The van der Waals surface area contributed by atoms with Crippen LogP contribution < -0.4 is 4.74 Å². The molecule has 0 amide bonds. The Morgan fingerprint density at radius 3 is 3.14 bits per heavy atom. The van der Waals surface area contributed by atoms with Crippen LogP contribution in [-0.2, 0) is 6.73 Å². The first-order valence-electron chi connectivity index (χ1n) is 4.53. The van der Waals surface area contributed by atoms with Crippen molar-refractivity contribution in [2.75, 3.05) is 0 Å². The molecule has 0 aliphatic carbocycles. The first kappa shape index (κ1) is 8.00. The number of ether oxygens (including phenoxy) is 1. The van der Waals surface area contributed by atoms with E-state index >= 15 is 0 Å². The van der Waals surface area contributed by atoms with E-state index in [4.69, 9.17) is 17.0 Å². The van der Waals surface area contributed by atoms with E-state index in [0.717, 1.165) is 15.9 Å². The molecular weight excluding hydrogens is 194 g/mol. The molecule has 0 saturated carbocycles. The molecule has 3 heteroatoms. The van der Waals surface area contributed by atoms with E-state index in [0.29, 0.717) is 6.73 Å². The van der Waals surface area contributed by atoms with Crippen molar-refractivity contribution in [1.29, 1.82) is 0 Å². The van der Waals surface area contributed by atoms with Gasteiger partial charge in [-0.25, -0.2) is 0 Å². The lowest BCUT2D eigenvalue weighted by molar-refractivity contribution is 0.268. The highest BCUT2D eigenvalue weighted by Crippen LogP contribution is 2.32. The molecule has 1 aromatic carbocycles. The molecule has 3 rings (SSSR count). The lowest BCUT2D eigenvalue weighted by atomic mass is 10.1. The van der Waals surface area contributed by atoms with Gasteiger partial charge in [-0.15, -0.1) is 0 Å². The van der Waals surface area contributed by atoms with Crippen molar-refractivity contribution in [2.45, 2.75) is 13.7 Å². The Kier molecular flexibility index (Phi) is 1.47. The van der Waals surface area contributed by atoms with Crippen LogP contribution in [0.3, 0.4) is 0 Å². The van der Waals surface area contributed by atoms with Gasteiger partial charge in [-0.05, 0) is 24.6 Å². The molecule has 0 bridgehead atoms. The normalized spacial score (nSPS) is 13.2. The van der Waals surface area contributed by atoms with Gasteiger partial charge in [0.1, 0.15) is 10.4 Å². The molecule has 0 radical (unpaired) electrons. The molecule has 2 heterocycles. The number of para-hydroxylation sites is 1. The molecule has 1 aliphatic heterocycles. The summed E-state index contributed by atoms with van der Waals surface area (Å²) in [5.41, 5.74) is 2.35. The van der Waals surface area contributed by atoms with Crippen molar-refractivity contribution in [2.24, 2.45) is 0 Å². The number of pyridine rings is 1. The van der Waals surface area contributed by atoms with Gasteiger partial charge < -0.3 is 4.74 Å². The van der Waals surface area contributed by atoms with E-state index in [1.807, 2.05) is 22.8 Å². The molecule has 70 valence electrons. The average molecular weight is 203 g/mol. The Hall–Kier alpha value is -1.35. The van der Waals surface area contributed by atoms with Crippen molar-refractivity contribution in [1.82, 2.24) is 4.57 Å².